The minimum Gasteiger partial charge on any atom is -0.296 e. The van der Waals surface area contributed by atoms with Gasteiger partial charge in [0.25, 0.3) is 0 Å². The highest BCUT2D eigenvalue weighted by molar-refractivity contribution is 5.89. The average Bonchev–Trinajstić information content (AvgIpc) is 2.77. The van der Waals surface area contributed by atoms with E-state index in [1.165, 1.54) is 0 Å². The first kappa shape index (κ1) is 8.12. The number of carbonyl (C=O) groups excluding carboxylic acids is 1. The fourth-order valence-electron chi connectivity index (χ4n) is 1.64. The molecule has 0 aromatic heterocycles. The Morgan fingerprint density at radius 2 is 1.50 bits per heavy atom. The Morgan fingerprint density at radius 1 is 1.00 bits per heavy atom. The first-order valence-corrected chi connectivity index (χ1v) is 4.38. The van der Waals surface area contributed by atoms with E-state index in [1.54, 1.807) is 0 Å². The maximum atomic E-state index is 11.6. The van der Waals surface area contributed by atoms with Crippen LogP contribution in [0.15, 0.2) is 0 Å². The lowest BCUT2D eigenvalue weighted by molar-refractivity contribution is -0.122. The van der Waals surface area contributed by atoms with Crippen molar-refractivity contribution in [2.45, 2.75) is 24.9 Å². The van der Waals surface area contributed by atoms with Crippen molar-refractivity contribution in [2.24, 2.45) is 0 Å². The second kappa shape index (κ2) is 3.49. The topological polar surface area (TPSA) is 65.2 Å². The quantitative estimate of drug-likeness (QED) is 0.397. The summed E-state index contributed by atoms with van der Waals surface area (Å²) in [5.41, 5.74) is 11.8. The normalized spacial score (nSPS) is 35.7. The maximum absolute atomic E-state index is 11.6. The van der Waals surface area contributed by atoms with E-state index in [2.05, 4.69) is 21.7 Å². The standard InChI is InChI=1S/C7H14N4O/c12-7(5-1-3-8-10-5)6-2-4-9-11-6/h5-6,8-11H,1-4H2. The molecule has 0 aromatic rings. The monoisotopic (exact) mass is 170 g/mol. The summed E-state index contributed by atoms with van der Waals surface area (Å²) in [5.74, 6) is 0.269. The molecule has 2 aliphatic rings. The molecule has 2 heterocycles. The summed E-state index contributed by atoms with van der Waals surface area (Å²) in [6.07, 6.45) is 1.80. The number of hydrogen-bond donors (Lipinski definition) is 4. The molecule has 5 nitrogen and oxygen atoms in total. The lowest BCUT2D eigenvalue weighted by Crippen LogP contribution is -2.46. The molecule has 68 valence electrons. The van der Waals surface area contributed by atoms with Crippen LogP contribution in [0.5, 0.6) is 0 Å². The molecule has 12 heavy (non-hydrogen) atoms. The van der Waals surface area contributed by atoms with E-state index in [0.29, 0.717) is 0 Å². The van der Waals surface area contributed by atoms with Crippen molar-refractivity contribution >= 4 is 5.78 Å². The third kappa shape index (κ3) is 1.49. The molecule has 0 spiro atoms. The van der Waals surface area contributed by atoms with Crippen molar-refractivity contribution in [3.8, 4) is 0 Å². The third-order valence-corrected chi connectivity index (χ3v) is 2.36. The summed E-state index contributed by atoms with van der Waals surface area (Å²) in [5, 5.41) is 0. The number of ketones is 1. The molecule has 5 heteroatoms. The summed E-state index contributed by atoms with van der Waals surface area (Å²) in [6.45, 7) is 1.77. The Kier molecular flexibility index (Phi) is 2.36. The molecule has 2 rings (SSSR count). The van der Waals surface area contributed by atoms with Crippen LogP contribution in [0, 0.1) is 0 Å². The first-order valence-electron chi connectivity index (χ1n) is 4.38. The van der Waals surface area contributed by atoms with E-state index in [0.717, 1.165) is 25.9 Å². The SMILES string of the molecule is O=C(C1CCNN1)C1CCNN1. The zero-order valence-electron chi connectivity index (χ0n) is 6.89. The van der Waals surface area contributed by atoms with Crippen LogP contribution < -0.4 is 21.7 Å². The number of carbonyl (C=O) groups is 1. The minimum atomic E-state index is 0.00222. The molecule has 0 aliphatic carbocycles. The van der Waals surface area contributed by atoms with Crippen LogP contribution in [0.25, 0.3) is 0 Å². The predicted octanol–water partition coefficient (Wildman–Crippen LogP) is -1.71. The van der Waals surface area contributed by atoms with Crippen LogP contribution in [-0.2, 0) is 4.79 Å². The van der Waals surface area contributed by atoms with E-state index >= 15 is 0 Å². The van der Waals surface area contributed by atoms with E-state index in [-0.39, 0.29) is 17.9 Å². The molecule has 0 radical (unpaired) electrons. The number of hydrogen-bond acceptors (Lipinski definition) is 5. The van der Waals surface area contributed by atoms with Crippen molar-refractivity contribution in [2.75, 3.05) is 13.1 Å². The molecule has 2 saturated heterocycles. The first-order chi connectivity index (χ1) is 5.88. The van der Waals surface area contributed by atoms with Gasteiger partial charge in [-0.25, -0.2) is 10.9 Å². The molecule has 2 fully saturated rings. The van der Waals surface area contributed by atoms with Gasteiger partial charge in [0.2, 0.25) is 0 Å². The van der Waals surface area contributed by atoms with Gasteiger partial charge in [0.05, 0.1) is 12.1 Å². The van der Waals surface area contributed by atoms with E-state index in [4.69, 9.17) is 0 Å². The highest BCUT2D eigenvalue weighted by Gasteiger charge is 2.30. The van der Waals surface area contributed by atoms with E-state index < -0.39 is 0 Å². The fraction of sp³-hybridized carbons (Fsp3) is 0.857. The molecule has 0 amide bonds. The van der Waals surface area contributed by atoms with Gasteiger partial charge in [-0.1, -0.05) is 0 Å². The second-order valence-electron chi connectivity index (χ2n) is 3.23. The molecule has 2 atom stereocenters. The molecule has 0 saturated carbocycles. The molecule has 0 bridgehead atoms. The summed E-state index contributed by atoms with van der Waals surface area (Å²) in [7, 11) is 0. The maximum Gasteiger partial charge on any atom is 0.169 e. The lowest BCUT2D eigenvalue weighted by Gasteiger charge is -2.13. The summed E-state index contributed by atoms with van der Waals surface area (Å²) >= 11 is 0. The van der Waals surface area contributed by atoms with Gasteiger partial charge < -0.3 is 0 Å². The summed E-state index contributed by atoms with van der Waals surface area (Å²) in [6, 6.07) is 0.00444. The molecule has 0 aromatic carbocycles. The number of hydrazine groups is 2. The lowest BCUT2D eigenvalue weighted by atomic mass is 10.0. The smallest absolute Gasteiger partial charge is 0.169 e. The van der Waals surface area contributed by atoms with Crippen LogP contribution in [0.2, 0.25) is 0 Å². The van der Waals surface area contributed by atoms with Crippen molar-refractivity contribution in [3.05, 3.63) is 0 Å². The van der Waals surface area contributed by atoms with Gasteiger partial charge in [0.1, 0.15) is 0 Å². The highest BCUT2D eigenvalue weighted by Crippen LogP contribution is 2.05. The Hall–Kier alpha value is -0.490. The van der Waals surface area contributed by atoms with Crippen molar-refractivity contribution < 1.29 is 4.79 Å². The number of nitrogens with one attached hydrogen (secondary N) is 4. The van der Waals surface area contributed by atoms with Crippen LogP contribution in [-0.4, -0.2) is 31.0 Å². The van der Waals surface area contributed by atoms with Crippen molar-refractivity contribution in [3.63, 3.8) is 0 Å². The zero-order chi connectivity index (χ0) is 8.39. The van der Waals surface area contributed by atoms with Gasteiger partial charge in [0, 0.05) is 13.1 Å². The van der Waals surface area contributed by atoms with Gasteiger partial charge in [-0.05, 0) is 12.8 Å². The van der Waals surface area contributed by atoms with Crippen LogP contribution in [0.3, 0.4) is 0 Å². The summed E-state index contributed by atoms with van der Waals surface area (Å²) < 4.78 is 0. The van der Waals surface area contributed by atoms with Crippen LogP contribution >= 0.6 is 0 Å². The van der Waals surface area contributed by atoms with E-state index in [9.17, 15) is 4.79 Å². The molecule has 2 aliphatic heterocycles. The number of rotatable bonds is 2. The summed E-state index contributed by atoms with van der Waals surface area (Å²) in [4.78, 5) is 11.6. The van der Waals surface area contributed by atoms with Gasteiger partial charge in [0.15, 0.2) is 5.78 Å². The molecular formula is C7H14N4O. The molecule has 4 N–H and O–H groups in total. The van der Waals surface area contributed by atoms with Gasteiger partial charge in [-0.3, -0.25) is 15.6 Å². The fourth-order valence-corrected chi connectivity index (χ4v) is 1.64. The Morgan fingerprint density at radius 3 is 1.83 bits per heavy atom. The predicted molar refractivity (Wildman–Crippen MR) is 44.1 cm³/mol. The van der Waals surface area contributed by atoms with E-state index in [1.807, 2.05) is 0 Å². The van der Waals surface area contributed by atoms with Gasteiger partial charge in [-0.15, -0.1) is 0 Å². The second-order valence-corrected chi connectivity index (χ2v) is 3.23. The molecule has 2 unspecified atom stereocenters. The number of Topliss-reactive ketones (excluding diaryl/α,β-unsaturated/α-hetero) is 1. The average molecular weight is 170 g/mol. The molecular weight excluding hydrogens is 156 g/mol. The van der Waals surface area contributed by atoms with Crippen molar-refractivity contribution in [1.82, 2.24) is 21.7 Å². The van der Waals surface area contributed by atoms with Gasteiger partial charge >= 0.3 is 0 Å². The Balaban J connectivity index is 1.89. The van der Waals surface area contributed by atoms with Gasteiger partial charge in [-0.2, -0.15) is 0 Å². The third-order valence-electron chi connectivity index (χ3n) is 2.36. The largest absolute Gasteiger partial charge is 0.296 e. The Labute approximate surface area is 71.2 Å². The minimum absolute atomic E-state index is 0.00222. The highest BCUT2D eigenvalue weighted by atomic mass is 16.1. The van der Waals surface area contributed by atoms with Crippen LogP contribution in [0.1, 0.15) is 12.8 Å². The zero-order valence-corrected chi connectivity index (χ0v) is 6.89. The Bertz CT molecular complexity index is 154. The van der Waals surface area contributed by atoms with Crippen molar-refractivity contribution in [1.29, 1.82) is 0 Å². The van der Waals surface area contributed by atoms with Crippen LogP contribution in [0.4, 0.5) is 0 Å².